The number of carboxylic acid groups (broad SMARTS) is 1. The molecule has 0 aromatic rings. The first-order valence-electron chi connectivity index (χ1n) is 17.6. The van der Waals surface area contributed by atoms with Gasteiger partial charge in [-0.05, 0) is 63.9 Å². The standard InChI is InChI=1S/C40H62O7/c1-3-5-7-9-11-17-25-35(41)26-18-13-14-19-28-37(43)30-24-34-40(46)47-38(31-21-12-10-8-6-4-2)32-22-16-15-20-27-36(42)29-23-33-39(44)45/h11-22,26-28,32,35-38,41-43H,3-10,23-25,29-31,33-34H2,1-2H3,(H,44,45)/b14-13?,16-15+,17-11?,21-12-,26-18?,27-20-,28-19?,32-22+/t35?,36-,37?,38-/m1/s1. The fourth-order valence-electron chi connectivity index (χ4n) is 4.33. The number of allylic oxidation sites excluding steroid dienone is 10. The van der Waals surface area contributed by atoms with Crippen LogP contribution in [0.5, 0.6) is 0 Å². The molecule has 0 radical (unpaired) electrons. The molecule has 2 unspecified atom stereocenters. The number of hydrogen-bond acceptors (Lipinski definition) is 6. The van der Waals surface area contributed by atoms with E-state index < -0.39 is 30.4 Å². The Morgan fingerprint density at radius 3 is 1.53 bits per heavy atom. The molecule has 0 saturated carbocycles. The predicted molar refractivity (Wildman–Crippen MR) is 194 cm³/mol. The van der Waals surface area contributed by atoms with Crippen molar-refractivity contribution in [2.75, 3.05) is 0 Å². The predicted octanol–water partition coefficient (Wildman–Crippen LogP) is 8.80. The van der Waals surface area contributed by atoms with Gasteiger partial charge < -0.3 is 25.2 Å². The van der Waals surface area contributed by atoms with Crippen LogP contribution < -0.4 is 0 Å². The lowest BCUT2D eigenvalue weighted by Gasteiger charge is -2.13. The second-order valence-electron chi connectivity index (χ2n) is 11.6. The second-order valence-corrected chi connectivity index (χ2v) is 11.6. The molecular formula is C40H62O7. The molecule has 264 valence electrons. The molecule has 7 nitrogen and oxygen atoms in total. The zero-order chi connectivity index (χ0) is 34.8. The quantitative estimate of drug-likeness (QED) is 0.0275. The van der Waals surface area contributed by atoms with Crippen LogP contribution in [-0.2, 0) is 14.3 Å². The summed E-state index contributed by atoms with van der Waals surface area (Å²) in [4.78, 5) is 23.1. The van der Waals surface area contributed by atoms with Crippen molar-refractivity contribution in [2.24, 2.45) is 0 Å². The molecule has 0 aliphatic rings. The summed E-state index contributed by atoms with van der Waals surface area (Å²) in [5.41, 5.74) is 0. The fourth-order valence-corrected chi connectivity index (χ4v) is 4.33. The van der Waals surface area contributed by atoms with Crippen molar-refractivity contribution >= 4 is 11.9 Å². The van der Waals surface area contributed by atoms with Crippen LogP contribution in [0.1, 0.15) is 117 Å². The molecule has 0 amide bonds. The summed E-state index contributed by atoms with van der Waals surface area (Å²) in [5, 5.41) is 38.8. The minimum Gasteiger partial charge on any atom is -0.481 e. The van der Waals surface area contributed by atoms with Crippen molar-refractivity contribution in [1.82, 2.24) is 0 Å². The van der Waals surface area contributed by atoms with Gasteiger partial charge in [-0.2, -0.15) is 0 Å². The molecule has 47 heavy (non-hydrogen) atoms. The lowest BCUT2D eigenvalue weighted by molar-refractivity contribution is -0.147. The molecule has 4 atom stereocenters. The fraction of sp³-hybridized carbons (Fsp3) is 0.550. The summed E-state index contributed by atoms with van der Waals surface area (Å²) in [5.74, 6) is -1.19. The second kappa shape index (κ2) is 32.7. The van der Waals surface area contributed by atoms with Crippen molar-refractivity contribution in [3.05, 3.63) is 97.2 Å². The number of carbonyl (C=O) groups excluding carboxylic acids is 1. The minimum absolute atomic E-state index is 0.0367. The average molecular weight is 655 g/mol. The minimum atomic E-state index is -0.870. The number of carbonyl (C=O) groups is 2. The van der Waals surface area contributed by atoms with Crippen LogP contribution in [-0.4, -0.2) is 56.8 Å². The van der Waals surface area contributed by atoms with Crippen molar-refractivity contribution in [3.63, 3.8) is 0 Å². The Balaban J connectivity index is 4.63. The van der Waals surface area contributed by atoms with Crippen molar-refractivity contribution in [3.8, 4) is 0 Å². The van der Waals surface area contributed by atoms with E-state index in [0.29, 0.717) is 38.5 Å². The SMILES string of the molecule is CCCCCC=CCC(O)C=CC=CC=CC(O)CCCC(=O)O[C@@H](/C=C/C=C/C=C\[C@@H](O)CCCC(=O)O)C/C=C\CCCCC. The van der Waals surface area contributed by atoms with E-state index in [1.165, 1.54) is 25.7 Å². The summed E-state index contributed by atoms with van der Waals surface area (Å²) in [7, 11) is 0. The lowest BCUT2D eigenvalue weighted by atomic mass is 10.1. The number of aliphatic carboxylic acids is 1. The Bertz CT molecular complexity index is 1020. The van der Waals surface area contributed by atoms with Crippen molar-refractivity contribution < 1.29 is 34.8 Å². The van der Waals surface area contributed by atoms with E-state index in [9.17, 15) is 24.9 Å². The third kappa shape index (κ3) is 32.5. The van der Waals surface area contributed by atoms with Crippen molar-refractivity contribution in [2.45, 2.75) is 141 Å². The van der Waals surface area contributed by atoms with E-state index in [-0.39, 0.29) is 18.8 Å². The highest BCUT2D eigenvalue weighted by molar-refractivity contribution is 5.69. The molecule has 4 N–H and O–H groups in total. The lowest BCUT2D eigenvalue weighted by Crippen LogP contribution is -2.16. The summed E-state index contributed by atoms with van der Waals surface area (Å²) < 4.78 is 5.70. The summed E-state index contributed by atoms with van der Waals surface area (Å²) in [6, 6.07) is 0. The normalized spacial score (nSPS) is 15.5. The molecule has 7 heteroatoms. The van der Waals surface area contributed by atoms with E-state index in [2.05, 4.69) is 26.0 Å². The van der Waals surface area contributed by atoms with Gasteiger partial charge in [-0.1, -0.05) is 131 Å². The van der Waals surface area contributed by atoms with Gasteiger partial charge in [0.05, 0.1) is 18.3 Å². The van der Waals surface area contributed by atoms with Crippen LogP contribution in [0.3, 0.4) is 0 Å². The molecule has 0 aliphatic heterocycles. The maximum atomic E-state index is 12.5. The van der Waals surface area contributed by atoms with E-state index in [1.54, 1.807) is 66.8 Å². The van der Waals surface area contributed by atoms with E-state index in [0.717, 1.165) is 25.7 Å². The summed E-state index contributed by atoms with van der Waals surface area (Å²) in [6.45, 7) is 4.35. The topological polar surface area (TPSA) is 124 Å². The largest absolute Gasteiger partial charge is 0.481 e. The van der Waals surface area contributed by atoms with Gasteiger partial charge in [-0.15, -0.1) is 0 Å². The van der Waals surface area contributed by atoms with Crippen LogP contribution in [0, 0.1) is 0 Å². The number of aliphatic hydroxyl groups excluding tert-OH is 3. The Labute approximate surface area is 284 Å². The molecule has 0 saturated heterocycles. The van der Waals surface area contributed by atoms with Gasteiger partial charge in [0.15, 0.2) is 0 Å². The van der Waals surface area contributed by atoms with E-state index in [4.69, 9.17) is 9.84 Å². The monoisotopic (exact) mass is 654 g/mol. The first kappa shape index (κ1) is 43.7. The number of carboxylic acids is 1. The number of rotatable bonds is 29. The molecular weight excluding hydrogens is 592 g/mol. The number of ether oxygens (including phenoxy) is 1. The molecule has 0 rings (SSSR count). The van der Waals surface area contributed by atoms with Crippen LogP contribution >= 0.6 is 0 Å². The van der Waals surface area contributed by atoms with Gasteiger partial charge in [0.2, 0.25) is 0 Å². The highest BCUT2D eigenvalue weighted by Crippen LogP contribution is 2.10. The molecule has 0 bridgehead atoms. The third-order valence-electron chi connectivity index (χ3n) is 7.07. The Morgan fingerprint density at radius 1 is 0.553 bits per heavy atom. The zero-order valence-electron chi connectivity index (χ0n) is 28.9. The van der Waals surface area contributed by atoms with Crippen molar-refractivity contribution in [1.29, 1.82) is 0 Å². The van der Waals surface area contributed by atoms with Gasteiger partial charge in [-0.25, -0.2) is 0 Å². The Morgan fingerprint density at radius 2 is 1.02 bits per heavy atom. The molecule has 0 aliphatic carbocycles. The maximum Gasteiger partial charge on any atom is 0.306 e. The summed E-state index contributed by atoms with van der Waals surface area (Å²) in [6.07, 6.45) is 39.4. The highest BCUT2D eigenvalue weighted by Gasteiger charge is 2.11. The number of hydrogen-bond donors (Lipinski definition) is 4. The van der Waals surface area contributed by atoms with Crippen LogP contribution in [0.15, 0.2) is 97.2 Å². The van der Waals surface area contributed by atoms with Crippen LogP contribution in [0.25, 0.3) is 0 Å². The smallest absolute Gasteiger partial charge is 0.306 e. The highest BCUT2D eigenvalue weighted by atomic mass is 16.5. The van der Waals surface area contributed by atoms with Gasteiger partial charge in [0.25, 0.3) is 0 Å². The maximum absolute atomic E-state index is 12.5. The van der Waals surface area contributed by atoms with E-state index >= 15 is 0 Å². The Kier molecular flexibility index (Phi) is 30.4. The molecule has 0 spiro atoms. The van der Waals surface area contributed by atoms with Crippen LogP contribution in [0.2, 0.25) is 0 Å². The Hall–Kier alpha value is -3.26. The number of unbranched alkanes of at least 4 members (excludes halogenated alkanes) is 6. The van der Waals surface area contributed by atoms with Gasteiger partial charge in [0.1, 0.15) is 6.10 Å². The molecule has 0 heterocycles. The average Bonchev–Trinajstić information content (AvgIpc) is 3.03. The molecule has 0 aromatic heterocycles. The zero-order valence-corrected chi connectivity index (χ0v) is 28.9. The van der Waals surface area contributed by atoms with Gasteiger partial charge >= 0.3 is 11.9 Å². The molecule has 0 aromatic carbocycles. The van der Waals surface area contributed by atoms with Crippen LogP contribution in [0.4, 0.5) is 0 Å². The number of esters is 1. The first-order valence-corrected chi connectivity index (χ1v) is 17.6. The van der Waals surface area contributed by atoms with E-state index in [1.807, 2.05) is 18.2 Å². The summed E-state index contributed by atoms with van der Waals surface area (Å²) >= 11 is 0. The third-order valence-corrected chi connectivity index (χ3v) is 7.07. The first-order chi connectivity index (χ1) is 22.8. The van der Waals surface area contributed by atoms with Gasteiger partial charge in [0, 0.05) is 19.3 Å². The van der Waals surface area contributed by atoms with Gasteiger partial charge in [-0.3, -0.25) is 9.59 Å². The molecule has 0 fully saturated rings. The number of aliphatic hydroxyl groups is 3.